The monoisotopic (exact) mass is 373 g/mol. The molecule has 1 aromatic heterocycles. The molecule has 27 heavy (non-hydrogen) atoms. The molecule has 0 bridgehead atoms. The number of pyridine rings is 1. The molecule has 7 nitrogen and oxygen atoms in total. The van der Waals surface area contributed by atoms with Crippen LogP contribution in [0.4, 0.5) is 0 Å². The van der Waals surface area contributed by atoms with Gasteiger partial charge in [0.25, 0.3) is 5.56 Å². The number of hydrogen-bond acceptors (Lipinski definition) is 6. The van der Waals surface area contributed by atoms with Gasteiger partial charge in [0.1, 0.15) is 18.5 Å². The number of benzene rings is 1. The van der Waals surface area contributed by atoms with Crippen molar-refractivity contribution in [3.05, 3.63) is 39.7 Å². The van der Waals surface area contributed by atoms with Crippen LogP contribution in [-0.2, 0) is 22.4 Å². The van der Waals surface area contributed by atoms with Crippen LogP contribution in [0.3, 0.4) is 0 Å². The van der Waals surface area contributed by atoms with Crippen LogP contribution >= 0.6 is 0 Å². The fourth-order valence-corrected chi connectivity index (χ4v) is 3.70. The molecule has 0 amide bonds. The van der Waals surface area contributed by atoms with Crippen molar-refractivity contribution < 1.29 is 24.1 Å². The van der Waals surface area contributed by atoms with Crippen LogP contribution in [0.15, 0.2) is 23.0 Å². The third kappa shape index (κ3) is 3.28. The van der Waals surface area contributed by atoms with Crippen LogP contribution in [0, 0.1) is 6.92 Å². The number of aromatic nitrogens is 1. The van der Waals surface area contributed by atoms with Crippen molar-refractivity contribution >= 4 is 0 Å². The van der Waals surface area contributed by atoms with Crippen molar-refractivity contribution in [2.75, 3.05) is 33.5 Å². The van der Waals surface area contributed by atoms with E-state index in [0.29, 0.717) is 50.9 Å². The largest absolute Gasteiger partial charge is 0.504 e. The molecule has 144 valence electrons. The quantitative estimate of drug-likeness (QED) is 0.882. The van der Waals surface area contributed by atoms with Gasteiger partial charge in [-0.1, -0.05) is 0 Å². The summed E-state index contributed by atoms with van der Waals surface area (Å²) in [6, 6.07) is 5.03. The Balaban J connectivity index is 1.73. The van der Waals surface area contributed by atoms with Crippen molar-refractivity contribution in [1.82, 2.24) is 4.57 Å². The molecule has 2 aliphatic rings. The third-order valence-corrected chi connectivity index (χ3v) is 5.09. The minimum Gasteiger partial charge on any atom is -0.504 e. The Morgan fingerprint density at radius 2 is 2.11 bits per heavy atom. The second-order valence-electron chi connectivity index (χ2n) is 6.78. The minimum atomic E-state index is -0.138. The number of methoxy groups -OCH3 is 1. The zero-order valence-electron chi connectivity index (χ0n) is 15.5. The number of ether oxygens (including phenoxy) is 4. The predicted molar refractivity (Wildman–Crippen MR) is 98.8 cm³/mol. The number of rotatable bonds is 4. The smallest absolute Gasteiger partial charge is 0.254 e. The minimum absolute atomic E-state index is 0.103. The lowest BCUT2D eigenvalue weighted by Gasteiger charge is -2.27. The van der Waals surface area contributed by atoms with Gasteiger partial charge in [0.2, 0.25) is 0 Å². The summed E-state index contributed by atoms with van der Waals surface area (Å²) in [5, 5.41) is 10.1. The van der Waals surface area contributed by atoms with Crippen LogP contribution in [0.5, 0.6) is 17.2 Å². The van der Waals surface area contributed by atoms with E-state index in [1.54, 1.807) is 16.7 Å². The van der Waals surface area contributed by atoms with Gasteiger partial charge in [0.15, 0.2) is 11.5 Å². The molecule has 1 fully saturated rings. The van der Waals surface area contributed by atoms with E-state index >= 15 is 0 Å². The average molecular weight is 373 g/mol. The summed E-state index contributed by atoms with van der Waals surface area (Å²) < 4.78 is 23.9. The van der Waals surface area contributed by atoms with Gasteiger partial charge in [0, 0.05) is 23.7 Å². The normalized spacial score (nSPS) is 18.5. The molecule has 1 saturated heterocycles. The fraction of sp³-hybridized carbons (Fsp3) is 0.450. The van der Waals surface area contributed by atoms with E-state index in [1.807, 2.05) is 6.92 Å². The molecule has 1 N–H and O–H groups in total. The SMILES string of the molecule is COc1cc2c(cc1O)CCn1c-2c(C)c(OC[C@@H]2COCCO2)cc1=O. The van der Waals surface area contributed by atoms with E-state index in [4.69, 9.17) is 18.9 Å². The molecule has 2 aliphatic heterocycles. The van der Waals surface area contributed by atoms with E-state index in [1.165, 1.54) is 13.2 Å². The summed E-state index contributed by atoms with van der Waals surface area (Å²) in [6.07, 6.45) is 0.536. The molecule has 0 saturated carbocycles. The maximum absolute atomic E-state index is 12.7. The highest BCUT2D eigenvalue weighted by Gasteiger charge is 2.24. The van der Waals surface area contributed by atoms with E-state index in [9.17, 15) is 9.90 Å². The summed E-state index contributed by atoms with van der Waals surface area (Å²) in [5.41, 5.74) is 3.44. The maximum atomic E-state index is 12.7. The number of nitrogens with zero attached hydrogens (tertiary/aromatic N) is 1. The molecular weight excluding hydrogens is 350 g/mol. The van der Waals surface area contributed by atoms with Gasteiger partial charge in [0.05, 0.1) is 32.6 Å². The Kier molecular flexibility index (Phi) is 4.80. The number of aromatic hydroxyl groups is 1. The Hall–Kier alpha value is -2.51. The lowest BCUT2D eigenvalue weighted by atomic mass is 9.94. The van der Waals surface area contributed by atoms with Crippen molar-refractivity contribution in [2.24, 2.45) is 0 Å². The molecule has 3 heterocycles. The molecule has 2 aromatic rings. The zero-order valence-corrected chi connectivity index (χ0v) is 15.5. The van der Waals surface area contributed by atoms with Crippen LogP contribution in [0.25, 0.3) is 11.3 Å². The van der Waals surface area contributed by atoms with Gasteiger partial charge in [-0.2, -0.15) is 0 Å². The molecule has 7 heteroatoms. The Labute approximate surface area is 157 Å². The first-order chi connectivity index (χ1) is 13.1. The van der Waals surface area contributed by atoms with E-state index in [-0.39, 0.29) is 17.4 Å². The molecule has 0 radical (unpaired) electrons. The Morgan fingerprint density at radius 1 is 1.26 bits per heavy atom. The van der Waals surface area contributed by atoms with Gasteiger partial charge in [-0.3, -0.25) is 4.79 Å². The van der Waals surface area contributed by atoms with E-state index in [0.717, 1.165) is 22.4 Å². The van der Waals surface area contributed by atoms with Gasteiger partial charge in [-0.05, 0) is 31.0 Å². The number of phenols is 1. The molecule has 1 atom stereocenters. The number of fused-ring (bicyclic) bond motifs is 3. The first-order valence-corrected chi connectivity index (χ1v) is 9.05. The van der Waals surface area contributed by atoms with Crippen LogP contribution < -0.4 is 15.0 Å². The Bertz CT molecular complexity index is 914. The maximum Gasteiger partial charge on any atom is 0.254 e. The molecule has 0 unspecified atom stereocenters. The molecular formula is C20H23NO6. The topological polar surface area (TPSA) is 79.2 Å². The lowest BCUT2D eigenvalue weighted by Crippen LogP contribution is -2.34. The predicted octanol–water partition coefficient (Wildman–Crippen LogP) is 1.89. The average Bonchev–Trinajstić information content (AvgIpc) is 2.69. The van der Waals surface area contributed by atoms with Crippen LogP contribution in [0.2, 0.25) is 0 Å². The van der Waals surface area contributed by atoms with Crippen LogP contribution in [0.1, 0.15) is 11.1 Å². The number of phenolic OH excluding ortho intramolecular Hbond substituents is 1. The van der Waals surface area contributed by atoms with E-state index in [2.05, 4.69) is 0 Å². The molecule has 4 rings (SSSR count). The summed E-state index contributed by atoms with van der Waals surface area (Å²) >= 11 is 0. The lowest BCUT2D eigenvalue weighted by molar-refractivity contribution is -0.101. The zero-order chi connectivity index (χ0) is 19.0. The molecule has 0 spiro atoms. The Morgan fingerprint density at radius 3 is 2.85 bits per heavy atom. The summed E-state index contributed by atoms with van der Waals surface area (Å²) in [7, 11) is 1.51. The summed E-state index contributed by atoms with van der Waals surface area (Å²) in [4.78, 5) is 12.7. The standard InChI is InChI=1S/C20H23NO6/c1-12-17(27-11-14-10-25-5-6-26-14)9-19(23)21-4-3-13-7-16(22)18(24-2)8-15(13)20(12)21/h7-9,14,22H,3-6,10-11H2,1-2H3/t14-/m0/s1. The number of aryl methyl sites for hydroxylation is 1. The molecule has 1 aromatic carbocycles. The van der Waals surface area contributed by atoms with Crippen LogP contribution in [-0.4, -0.2) is 49.3 Å². The highest BCUT2D eigenvalue weighted by molar-refractivity contribution is 5.74. The fourth-order valence-electron chi connectivity index (χ4n) is 3.70. The first kappa shape index (κ1) is 17.9. The summed E-state index contributed by atoms with van der Waals surface area (Å²) in [6.45, 7) is 4.47. The summed E-state index contributed by atoms with van der Waals surface area (Å²) in [5.74, 6) is 1.03. The highest BCUT2D eigenvalue weighted by Crippen LogP contribution is 2.40. The van der Waals surface area contributed by atoms with Gasteiger partial charge in [-0.15, -0.1) is 0 Å². The second-order valence-corrected chi connectivity index (χ2v) is 6.78. The number of hydrogen-bond donors (Lipinski definition) is 1. The third-order valence-electron chi connectivity index (χ3n) is 5.09. The van der Waals surface area contributed by atoms with Crippen molar-refractivity contribution in [1.29, 1.82) is 0 Å². The van der Waals surface area contributed by atoms with Gasteiger partial charge in [-0.25, -0.2) is 0 Å². The van der Waals surface area contributed by atoms with Crippen molar-refractivity contribution in [3.63, 3.8) is 0 Å². The van der Waals surface area contributed by atoms with Gasteiger partial charge >= 0.3 is 0 Å². The van der Waals surface area contributed by atoms with Crippen molar-refractivity contribution in [2.45, 2.75) is 26.0 Å². The van der Waals surface area contributed by atoms with Crippen molar-refractivity contribution in [3.8, 4) is 28.5 Å². The van der Waals surface area contributed by atoms with Gasteiger partial charge < -0.3 is 28.6 Å². The first-order valence-electron chi connectivity index (χ1n) is 9.05. The second kappa shape index (κ2) is 7.25. The highest BCUT2D eigenvalue weighted by atomic mass is 16.6. The molecule has 0 aliphatic carbocycles. The van der Waals surface area contributed by atoms with E-state index < -0.39 is 0 Å².